The van der Waals surface area contributed by atoms with Gasteiger partial charge in [0.05, 0.1) is 0 Å². The molecule has 1 atom stereocenters. The number of benzene rings is 1. The highest BCUT2D eigenvalue weighted by molar-refractivity contribution is 5.18. The van der Waals surface area contributed by atoms with E-state index in [0.717, 1.165) is 0 Å². The summed E-state index contributed by atoms with van der Waals surface area (Å²) in [5, 5.41) is 11.1. The molecular weight excluding hydrogens is 143 g/mol. The first-order valence-corrected chi connectivity index (χ1v) is 3.65. The van der Waals surface area contributed by atoms with E-state index < -0.39 is 6.10 Å². The van der Waals surface area contributed by atoms with Crippen LogP contribution in [0.25, 0.3) is 0 Å². The zero-order valence-electron chi connectivity index (χ0n) is 6.38. The first kappa shape index (κ1) is 8.21. The molecule has 0 N–H and O–H groups in total. The van der Waals surface area contributed by atoms with Crippen LogP contribution in [0.5, 0.6) is 0 Å². The van der Waals surface area contributed by atoms with Crippen LogP contribution in [-0.4, -0.2) is 0 Å². The summed E-state index contributed by atoms with van der Waals surface area (Å²) in [6.07, 6.45) is -0.283. The second-order valence-corrected chi connectivity index (χ2v) is 2.45. The van der Waals surface area contributed by atoms with E-state index in [-0.39, 0.29) is 5.82 Å². The van der Waals surface area contributed by atoms with Gasteiger partial charge in [0, 0.05) is 0 Å². The average molecular weight is 153 g/mol. The van der Waals surface area contributed by atoms with Gasteiger partial charge in [-0.1, -0.05) is 19.1 Å². The fourth-order valence-electron chi connectivity index (χ4n) is 0.943. The van der Waals surface area contributed by atoms with E-state index in [4.69, 9.17) is 0 Å². The molecule has 0 aromatic heterocycles. The van der Waals surface area contributed by atoms with Gasteiger partial charge < -0.3 is 0 Å². The first-order valence-electron chi connectivity index (χ1n) is 3.65. The molecule has 1 nitrogen and oxygen atoms in total. The van der Waals surface area contributed by atoms with Crippen LogP contribution in [0.3, 0.4) is 0 Å². The molecule has 0 heterocycles. The number of hydrogen-bond acceptors (Lipinski definition) is 0. The monoisotopic (exact) mass is 153 g/mol. The Bertz CT molecular complexity index is 235. The minimum atomic E-state index is -0.786. The molecule has 0 spiro atoms. The van der Waals surface area contributed by atoms with Crippen LogP contribution in [0.2, 0.25) is 0 Å². The summed E-state index contributed by atoms with van der Waals surface area (Å²) in [6, 6.07) is 5.85. The highest BCUT2D eigenvalue weighted by atomic mass is 19.1. The Morgan fingerprint density at radius 3 is 2.82 bits per heavy atom. The standard InChI is InChI=1S/C9H10FO/c1-2-9(11)7-4-3-5-8(10)6-7/h3-6,9H,2H2,1H3. The van der Waals surface area contributed by atoms with E-state index in [1.807, 2.05) is 0 Å². The maximum absolute atomic E-state index is 12.5. The van der Waals surface area contributed by atoms with Gasteiger partial charge >= 0.3 is 0 Å². The first-order chi connectivity index (χ1) is 5.24. The summed E-state index contributed by atoms with van der Waals surface area (Å²) < 4.78 is 12.5. The van der Waals surface area contributed by atoms with E-state index in [0.29, 0.717) is 12.0 Å². The Morgan fingerprint density at radius 1 is 1.55 bits per heavy atom. The van der Waals surface area contributed by atoms with Crippen LogP contribution in [0.15, 0.2) is 24.3 Å². The topological polar surface area (TPSA) is 19.9 Å². The molecule has 0 aliphatic heterocycles. The van der Waals surface area contributed by atoms with Crippen LogP contribution in [0, 0.1) is 5.82 Å². The van der Waals surface area contributed by atoms with Crippen molar-refractivity contribution >= 4 is 0 Å². The Morgan fingerprint density at radius 2 is 2.27 bits per heavy atom. The number of hydrogen-bond donors (Lipinski definition) is 0. The summed E-state index contributed by atoms with van der Waals surface area (Å²) in [5.41, 5.74) is 0.535. The molecule has 0 saturated carbocycles. The summed E-state index contributed by atoms with van der Waals surface area (Å²) >= 11 is 0. The van der Waals surface area contributed by atoms with Crippen molar-refractivity contribution in [1.29, 1.82) is 0 Å². The largest absolute Gasteiger partial charge is 0.228 e. The van der Waals surface area contributed by atoms with Crippen molar-refractivity contribution in [2.45, 2.75) is 19.4 Å². The van der Waals surface area contributed by atoms with Gasteiger partial charge in [-0.25, -0.2) is 9.50 Å². The zero-order chi connectivity index (χ0) is 8.27. The second-order valence-electron chi connectivity index (χ2n) is 2.45. The Balaban J connectivity index is 2.86. The molecule has 11 heavy (non-hydrogen) atoms. The van der Waals surface area contributed by atoms with Crippen LogP contribution in [0.1, 0.15) is 25.0 Å². The predicted molar refractivity (Wildman–Crippen MR) is 40.1 cm³/mol. The quantitative estimate of drug-likeness (QED) is 0.622. The molecular formula is C9H10FO. The summed E-state index contributed by atoms with van der Waals surface area (Å²) in [4.78, 5) is 0. The van der Waals surface area contributed by atoms with E-state index in [2.05, 4.69) is 0 Å². The fraction of sp³-hybridized carbons (Fsp3) is 0.333. The molecule has 1 aromatic rings. The lowest BCUT2D eigenvalue weighted by molar-refractivity contribution is 0.0854. The molecule has 1 radical (unpaired) electrons. The summed E-state index contributed by atoms with van der Waals surface area (Å²) in [7, 11) is 0. The molecule has 1 unspecified atom stereocenters. The maximum Gasteiger partial charge on any atom is 0.123 e. The van der Waals surface area contributed by atoms with Gasteiger partial charge in [0.2, 0.25) is 0 Å². The van der Waals surface area contributed by atoms with Crippen molar-refractivity contribution in [3.63, 3.8) is 0 Å². The lowest BCUT2D eigenvalue weighted by Crippen LogP contribution is -1.93. The van der Waals surface area contributed by atoms with E-state index in [1.165, 1.54) is 12.1 Å². The zero-order valence-corrected chi connectivity index (χ0v) is 6.38. The highest BCUT2D eigenvalue weighted by Gasteiger charge is 2.05. The van der Waals surface area contributed by atoms with Gasteiger partial charge in [0.1, 0.15) is 11.9 Å². The van der Waals surface area contributed by atoms with Crippen molar-refractivity contribution < 1.29 is 9.50 Å². The van der Waals surface area contributed by atoms with Gasteiger partial charge in [-0.2, -0.15) is 0 Å². The lowest BCUT2D eigenvalue weighted by Gasteiger charge is -2.03. The SMILES string of the molecule is CCC([O])c1cccc(F)c1. The molecule has 0 fully saturated rings. The molecule has 1 rings (SSSR count). The third-order valence-electron chi connectivity index (χ3n) is 1.59. The fourth-order valence-corrected chi connectivity index (χ4v) is 0.943. The Labute approximate surface area is 65.5 Å². The molecule has 0 bridgehead atoms. The van der Waals surface area contributed by atoms with Gasteiger partial charge in [-0.15, -0.1) is 0 Å². The van der Waals surface area contributed by atoms with Crippen LogP contribution >= 0.6 is 0 Å². The number of rotatable bonds is 2. The van der Waals surface area contributed by atoms with E-state index in [1.54, 1.807) is 19.1 Å². The summed E-state index contributed by atoms with van der Waals surface area (Å²) in [6.45, 7) is 1.79. The Hall–Kier alpha value is -0.890. The lowest BCUT2D eigenvalue weighted by atomic mass is 10.1. The second kappa shape index (κ2) is 3.49. The third kappa shape index (κ3) is 2.02. The van der Waals surface area contributed by atoms with Gasteiger partial charge in [0.25, 0.3) is 0 Å². The van der Waals surface area contributed by atoms with Crippen LogP contribution in [-0.2, 0) is 5.11 Å². The van der Waals surface area contributed by atoms with Crippen molar-refractivity contribution in [2.75, 3.05) is 0 Å². The summed E-state index contributed by atoms with van der Waals surface area (Å²) in [5.74, 6) is -0.336. The van der Waals surface area contributed by atoms with Crippen molar-refractivity contribution in [3.8, 4) is 0 Å². The van der Waals surface area contributed by atoms with E-state index in [9.17, 15) is 9.50 Å². The van der Waals surface area contributed by atoms with Crippen molar-refractivity contribution in [3.05, 3.63) is 35.6 Å². The minimum absolute atomic E-state index is 0.336. The molecule has 0 saturated heterocycles. The smallest absolute Gasteiger partial charge is 0.123 e. The minimum Gasteiger partial charge on any atom is -0.228 e. The molecule has 59 valence electrons. The average Bonchev–Trinajstić information content (AvgIpc) is 2.03. The molecule has 0 aliphatic carbocycles. The highest BCUT2D eigenvalue weighted by Crippen LogP contribution is 2.16. The van der Waals surface area contributed by atoms with Crippen LogP contribution < -0.4 is 0 Å². The normalized spacial score (nSPS) is 13.0. The third-order valence-corrected chi connectivity index (χ3v) is 1.59. The molecule has 2 heteroatoms. The maximum atomic E-state index is 12.5. The van der Waals surface area contributed by atoms with Crippen LogP contribution in [0.4, 0.5) is 4.39 Å². The van der Waals surface area contributed by atoms with Crippen molar-refractivity contribution in [1.82, 2.24) is 0 Å². The molecule has 1 aromatic carbocycles. The molecule has 0 amide bonds. The predicted octanol–water partition coefficient (Wildman–Crippen LogP) is 2.71. The number of halogens is 1. The Kier molecular flexibility index (Phi) is 2.60. The van der Waals surface area contributed by atoms with Gasteiger partial charge in [0.15, 0.2) is 0 Å². The van der Waals surface area contributed by atoms with Crippen molar-refractivity contribution in [2.24, 2.45) is 0 Å². The van der Waals surface area contributed by atoms with Gasteiger partial charge in [-0.3, -0.25) is 0 Å². The van der Waals surface area contributed by atoms with E-state index >= 15 is 0 Å². The molecule has 0 aliphatic rings. The van der Waals surface area contributed by atoms with Gasteiger partial charge in [-0.05, 0) is 24.1 Å².